The zero-order valence-corrected chi connectivity index (χ0v) is 12.8. The van der Waals surface area contributed by atoms with Gasteiger partial charge in [0.2, 0.25) is 0 Å². The standard InChI is InChI=1S/C19H20N2/c1-5-19(3,4)18-9-7-16(13-20-18)21-11-10-15-12-14(2)6-8-17(15)21/h5-13H,1H2,2-4H3. The minimum absolute atomic E-state index is 0.103. The summed E-state index contributed by atoms with van der Waals surface area (Å²) in [5.74, 6) is 0. The monoisotopic (exact) mass is 276 g/mol. The Balaban J connectivity index is 2.05. The molecule has 0 N–H and O–H groups in total. The van der Waals surface area contributed by atoms with Crippen LogP contribution in [0.25, 0.3) is 16.6 Å². The average molecular weight is 276 g/mol. The van der Waals surface area contributed by atoms with Crippen molar-refractivity contribution < 1.29 is 0 Å². The predicted octanol–water partition coefficient (Wildman–Crippen LogP) is 4.80. The third-order valence-corrected chi connectivity index (χ3v) is 4.04. The van der Waals surface area contributed by atoms with E-state index in [2.05, 4.69) is 79.5 Å². The fourth-order valence-corrected chi connectivity index (χ4v) is 2.50. The van der Waals surface area contributed by atoms with E-state index in [-0.39, 0.29) is 5.41 Å². The third-order valence-electron chi connectivity index (χ3n) is 4.04. The van der Waals surface area contributed by atoms with Crippen molar-refractivity contribution in [1.29, 1.82) is 0 Å². The van der Waals surface area contributed by atoms with Gasteiger partial charge in [-0.25, -0.2) is 0 Å². The summed E-state index contributed by atoms with van der Waals surface area (Å²) in [5, 5.41) is 1.26. The molecule has 21 heavy (non-hydrogen) atoms. The number of fused-ring (bicyclic) bond motifs is 1. The lowest BCUT2D eigenvalue weighted by atomic mass is 9.89. The van der Waals surface area contributed by atoms with Crippen LogP contribution in [0.3, 0.4) is 0 Å². The molecule has 0 saturated carbocycles. The van der Waals surface area contributed by atoms with E-state index in [1.807, 2.05) is 12.3 Å². The Kier molecular flexibility index (Phi) is 3.17. The van der Waals surface area contributed by atoms with Gasteiger partial charge in [-0.1, -0.05) is 31.6 Å². The van der Waals surface area contributed by atoms with E-state index in [0.717, 1.165) is 11.4 Å². The fraction of sp³-hybridized carbons (Fsp3) is 0.211. The molecule has 0 atom stereocenters. The number of allylic oxidation sites excluding steroid dienone is 1. The van der Waals surface area contributed by atoms with Gasteiger partial charge < -0.3 is 4.57 Å². The second-order valence-electron chi connectivity index (χ2n) is 6.08. The van der Waals surface area contributed by atoms with E-state index in [4.69, 9.17) is 0 Å². The Morgan fingerprint density at radius 2 is 1.95 bits per heavy atom. The first kappa shape index (κ1) is 13.6. The molecule has 0 amide bonds. The van der Waals surface area contributed by atoms with Crippen molar-refractivity contribution in [2.24, 2.45) is 0 Å². The van der Waals surface area contributed by atoms with Crippen LogP contribution in [0.1, 0.15) is 25.1 Å². The molecular weight excluding hydrogens is 256 g/mol. The Morgan fingerprint density at radius 3 is 2.62 bits per heavy atom. The van der Waals surface area contributed by atoms with Gasteiger partial charge in [-0.15, -0.1) is 6.58 Å². The number of benzene rings is 1. The van der Waals surface area contributed by atoms with Gasteiger partial charge in [-0.3, -0.25) is 4.98 Å². The molecule has 2 heteroatoms. The predicted molar refractivity (Wildman–Crippen MR) is 89.0 cm³/mol. The summed E-state index contributed by atoms with van der Waals surface area (Å²) in [4.78, 5) is 4.61. The van der Waals surface area contributed by atoms with Crippen molar-refractivity contribution in [2.45, 2.75) is 26.2 Å². The van der Waals surface area contributed by atoms with E-state index in [1.54, 1.807) is 0 Å². The zero-order valence-electron chi connectivity index (χ0n) is 12.8. The molecule has 0 aliphatic rings. The second-order valence-corrected chi connectivity index (χ2v) is 6.08. The lowest BCUT2D eigenvalue weighted by Crippen LogP contribution is -2.15. The smallest absolute Gasteiger partial charge is 0.0639 e. The zero-order chi connectivity index (χ0) is 15.0. The molecule has 106 valence electrons. The molecule has 0 aliphatic carbocycles. The summed E-state index contributed by atoms with van der Waals surface area (Å²) < 4.78 is 2.17. The van der Waals surface area contributed by atoms with Crippen molar-refractivity contribution in [2.75, 3.05) is 0 Å². The topological polar surface area (TPSA) is 17.8 Å². The first-order valence-corrected chi connectivity index (χ1v) is 7.19. The quantitative estimate of drug-likeness (QED) is 0.628. The van der Waals surface area contributed by atoms with Gasteiger partial charge in [0, 0.05) is 22.7 Å². The number of hydrogen-bond acceptors (Lipinski definition) is 1. The van der Waals surface area contributed by atoms with Crippen LogP contribution in [-0.4, -0.2) is 9.55 Å². The molecule has 0 aliphatic heterocycles. The molecule has 0 radical (unpaired) electrons. The number of nitrogens with zero attached hydrogens (tertiary/aromatic N) is 2. The second kappa shape index (κ2) is 4.88. The number of pyridine rings is 1. The molecule has 0 bridgehead atoms. The third kappa shape index (κ3) is 2.38. The Labute approximate surface area is 125 Å². The average Bonchev–Trinajstić information content (AvgIpc) is 2.90. The minimum Gasteiger partial charge on any atom is -0.315 e. The maximum absolute atomic E-state index is 4.61. The normalized spacial score (nSPS) is 11.8. The highest BCUT2D eigenvalue weighted by Crippen LogP contribution is 2.25. The van der Waals surface area contributed by atoms with Crippen LogP contribution in [0.5, 0.6) is 0 Å². The summed E-state index contributed by atoms with van der Waals surface area (Å²) in [6.07, 6.45) is 5.96. The van der Waals surface area contributed by atoms with E-state index in [0.29, 0.717) is 0 Å². The van der Waals surface area contributed by atoms with E-state index in [1.165, 1.54) is 16.5 Å². The van der Waals surface area contributed by atoms with Crippen LogP contribution in [0, 0.1) is 6.92 Å². The molecular formula is C19H20N2. The molecule has 3 rings (SSSR count). The van der Waals surface area contributed by atoms with E-state index < -0.39 is 0 Å². The molecule has 0 spiro atoms. The summed E-state index contributed by atoms with van der Waals surface area (Å²) in [6, 6.07) is 12.8. The maximum Gasteiger partial charge on any atom is 0.0639 e. The Hall–Kier alpha value is -2.35. The summed E-state index contributed by atoms with van der Waals surface area (Å²) in [6.45, 7) is 10.2. The van der Waals surface area contributed by atoms with Crippen molar-refractivity contribution in [3.05, 3.63) is 72.7 Å². The van der Waals surface area contributed by atoms with Crippen LogP contribution < -0.4 is 0 Å². The van der Waals surface area contributed by atoms with E-state index >= 15 is 0 Å². The summed E-state index contributed by atoms with van der Waals surface area (Å²) >= 11 is 0. The largest absolute Gasteiger partial charge is 0.315 e. The molecule has 0 fully saturated rings. The number of hydrogen-bond donors (Lipinski definition) is 0. The molecule has 0 unspecified atom stereocenters. The van der Waals surface area contributed by atoms with Gasteiger partial charge in [0.1, 0.15) is 0 Å². The first-order chi connectivity index (χ1) is 10.0. The van der Waals surface area contributed by atoms with Crippen LogP contribution in [0.15, 0.2) is 61.4 Å². The van der Waals surface area contributed by atoms with Gasteiger partial charge >= 0.3 is 0 Å². The van der Waals surface area contributed by atoms with Crippen molar-refractivity contribution in [1.82, 2.24) is 9.55 Å². The lowest BCUT2D eigenvalue weighted by molar-refractivity contribution is 0.644. The lowest BCUT2D eigenvalue weighted by Gasteiger charge is -2.19. The molecule has 1 aromatic carbocycles. The van der Waals surface area contributed by atoms with Crippen LogP contribution in [0.4, 0.5) is 0 Å². The van der Waals surface area contributed by atoms with Gasteiger partial charge in [0.15, 0.2) is 0 Å². The number of aryl methyl sites for hydroxylation is 1. The van der Waals surface area contributed by atoms with Crippen molar-refractivity contribution >= 4 is 10.9 Å². The van der Waals surface area contributed by atoms with Gasteiger partial charge in [0.05, 0.1) is 17.4 Å². The number of aromatic nitrogens is 2. The minimum atomic E-state index is -0.103. The molecule has 2 heterocycles. The molecule has 3 aromatic rings. The molecule has 0 saturated heterocycles. The van der Waals surface area contributed by atoms with Gasteiger partial charge in [0.25, 0.3) is 0 Å². The molecule has 2 aromatic heterocycles. The fourth-order valence-electron chi connectivity index (χ4n) is 2.50. The van der Waals surface area contributed by atoms with Gasteiger partial charge in [-0.05, 0) is 37.3 Å². The summed E-state index contributed by atoms with van der Waals surface area (Å²) in [5.41, 5.74) is 4.50. The SMILES string of the molecule is C=CC(C)(C)c1ccc(-n2ccc3cc(C)ccc32)cn1. The van der Waals surface area contributed by atoms with Crippen molar-refractivity contribution in [3.63, 3.8) is 0 Å². The van der Waals surface area contributed by atoms with Crippen LogP contribution in [-0.2, 0) is 5.41 Å². The Bertz CT molecular complexity index is 792. The highest BCUT2D eigenvalue weighted by Gasteiger charge is 2.17. The van der Waals surface area contributed by atoms with Crippen LogP contribution >= 0.6 is 0 Å². The van der Waals surface area contributed by atoms with E-state index in [9.17, 15) is 0 Å². The highest BCUT2D eigenvalue weighted by atomic mass is 15.0. The first-order valence-electron chi connectivity index (χ1n) is 7.19. The Morgan fingerprint density at radius 1 is 1.14 bits per heavy atom. The van der Waals surface area contributed by atoms with Crippen molar-refractivity contribution in [3.8, 4) is 5.69 Å². The van der Waals surface area contributed by atoms with Crippen LogP contribution in [0.2, 0.25) is 0 Å². The highest BCUT2D eigenvalue weighted by molar-refractivity contribution is 5.82. The van der Waals surface area contributed by atoms with Gasteiger partial charge in [-0.2, -0.15) is 0 Å². The maximum atomic E-state index is 4.61. The number of rotatable bonds is 3. The molecule has 2 nitrogen and oxygen atoms in total. The summed E-state index contributed by atoms with van der Waals surface area (Å²) in [7, 11) is 0.